The number of hydrogen-bond acceptors (Lipinski definition) is 7. The van der Waals surface area contributed by atoms with Gasteiger partial charge in [-0.2, -0.15) is 4.90 Å². The molecule has 0 saturated carbocycles. The van der Waals surface area contributed by atoms with Crippen LogP contribution < -0.4 is 0 Å². The average Bonchev–Trinajstić information content (AvgIpc) is 3.22. The molecule has 2 N–H and O–H groups in total. The van der Waals surface area contributed by atoms with Crippen molar-refractivity contribution in [1.82, 2.24) is 4.90 Å². The zero-order valence-corrected chi connectivity index (χ0v) is 23.9. The number of carbonyl (C=O) groups is 3. The topological polar surface area (TPSA) is 113 Å². The molecule has 2 heterocycles. The Hall–Kier alpha value is -3.69. The molecule has 2 aromatic carbocycles. The van der Waals surface area contributed by atoms with Gasteiger partial charge in [-0.25, -0.2) is 4.79 Å². The van der Waals surface area contributed by atoms with E-state index in [9.17, 15) is 24.5 Å². The number of phenolic OH excluding ortho intramolecular Hbond substituents is 1. The summed E-state index contributed by atoms with van der Waals surface area (Å²) in [5.41, 5.74) is 6.75. The van der Waals surface area contributed by atoms with Crippen molar-refractivity contribution in [2.24, 2.45) is 17.8 Å². The summed E-state index contributed by atoms with van der Waals surface area (Å²) in [4.78, 5) is 39.4. The lowest BCUT2D eigenvalue weighted by molar-refractivity contribution is -0.137. The Balaban J connectivity index is 1.48. The van der Waals surface area contributed by atoms with Gasteiger partial charge in [-0.1, -0.05) is 48.9 Å². The number of ether oxygens (including phenoxy) is 1. The van der Waals surface area contributed by atoms with E-state index in [2.05, 4.69) is 18.2 Å². The molecule has 0 aromatic heterocycles. The fraction of sp³-hybridized carbons (Fsp3) is 0.406. The number of allylic oxidation sites excluding steroid dienone is 2. The van der Waals surface area contributed by atoms with Crippen molar-refractivity contribution in [3.63, 3.8) is 0 Å². The zero-order chi connectivity index (χ0) is 29.4. The van der Waals surface area contributed by atoms with E-state index in [0.29, 0.717) is 36.3 Å². The molecule has 2 aliphatic heterocycles. The van der Waals surface area contributed by atoms with E-state index >= 15 is 0 Å². The number of benzene rings is 2. The second kappa shape index (κ2) is 11.7. The Morgan fingerprint density at radius 3 is 2.44 bits per heavy atom. The Kier molecular flexibility index (Phi) is 8.20. The molecule has 0 unspecified atom stereocenters. The summed E-state index contributed by atoms with van der Waals surface area (Å²) in [6.45, 7) is 5.78. The lowest BCUT2D eigenvalue weighted by Crippen LogP contribution is -2.46. The van der Waals surface area contributed by atoms with E-state index in [1.807, 2.05) is 51.1 Å². The van der Waals surface area contributed by atoms with E-state index < -0.39 is 48.9 Å². The summed E-state index contributed by atoms with van der Waals surface area (Å²) in [6, 6.07) is 14.0. The molecule has 4 atom stereocenters. The average molecular weight is 557 g/mol. The summed E-state index contributed by atoms with van der Waals surface area (Å²) in [6.07, 6.45) is 3.16. The molecule has 2 fully saturated rings. The van der Waals surface area contributed by atoms with Gasteiger partial charge in [0.15, 0.2) is 0 Å². The maximum atomic E-state index is 13.4. The molecular formula is C32H36BNO7. The van der Waals surface area contributed by atoms with Crippen molar-refractivity contribution in [2.45, 2.75) is 58.9 Å². The molecule has 214 valence electrons. The van der Waals surface area contributed by atoms with E-state index in [1.54, 1.807) is 0 Å². The third kappa shape index (κ3) is 5.36. The molecule has 3 amide bonds. The Morgan fingerprint density at radius 2 is 1.80 bits per heavy atom. The minimum Gasteiger partial charge on any atom is -0.507 e. The summed E-state index contributed by atoms with van der Waals surface area (Å²) >= 11 is 0. The smallest absolute Gasteiger partial charge is 0.455 e. The molecule has 2 aromatic rings. The fourth-order valence-corrected chi connectivity index (χ4v) is 6.89. The molecule has 0 spiro atoms. The van der Waals surface area contributed by atoms with Crippen molar-refractivity contribution in [3.05, 3.63) is 75.9 Å². The highest BCUT2D eigenvalue weighted by atomic mass is 16.5. The van der Waals surface area contributed by atoms with Gasteiger partial charge in [-0.3, -0.25) is 9.59 Å². The standard InChI is InChI=1S/C32H36BNO7/c1-5-21-16-24-28(31(37)34(30(24)36)32(38)40-4)25-17-33(39)41-26(27(21)25)12-11-23(22-9-7-6-8-10-22)15-20-13-18(2)29(35)19(3)14-20/h6-10,13-15,24-26,28,35,39H,5,11-12,16-17H2,1-4H3/b23-15-/t24-,25+,26-,28-/m1/s1. The number of amides is 3. The van der Waals surface area contributed by atoms with E-state index in [4.69, 9.17) is 9.39 Å². The third-order valence-electron chi connectivity index (χ3n) is 8.77. The molecule has 2 saturated heterocycles. The predicted octanol–water partition coefficient (Wildman–Crippen LogP) is 5.30. The van der Waals surface area contributed by atoms with Crippen LogP contribution in [-0.4, -0.2) is 53.3 Å². The highest BCUT2D eigenvalue weighted by Crippen LogP contribution is 2.51. The summed E-state index contributed by atoms with van der Waals surface area (Å²) in [5, 5.41) is 21.1. The molecule has 0 radical (unpaired) electrons. The predicted molar refractivity (Wildman–Crippen MR) is 155 cm³/mol. The number of phenols is 1. The first-order valence-corrected chi connectivity index (χ1v) is 14.2. The number of fused-ring (bicyclic) bond motifs is 3. The first-order chi connectivity index (χ1) is 19.6. The molecule has 8 nitrogen and oxygen atoms in total. The molecule has 0 bridgehead atoms. The largest absolute Gasteiger partial charge is 0.507 e. The first-order valence-electron chi connectivity index (χ1n) is 14.2. The van der Waals surface area contributed by atoms with Crippen LogP contribution in [0, 0.1) is 31.6 Å². The maximum Gasteiger partial charge on any atom is 0.455 e. The minimum atomic E-state index is -1.09. The first kappa shape index (κ1) is 28.8. The number of likely N-dealkylation sites (tertiary alicyclic amines) is 1. The van der Waals surface area contributed by atoms with Crippen LogP contribution in [0.15, 0.2) is 53.6 Å². The second-order valence-corrected chi connectivity index (χ2v) is 11.2. The Morgan fingerprint density at radius 1 is 1.12 bits per heavy atom. The number of hydrogen-bond donors (Lipinski definition) is 2. The van der Waals surface area contributed by atoms with Crippen molar-refractivity contribution in [1.29, 1.82) is 0 Å². The number of carbonyl (C=O) groups excluding carboxylic acids is 3. The highest BCUT2D eigenvalue weighted by Gasteiger charge is 2.59. The number of imide groups is 3. The Labute approximate surface area is 240 Å². The monoisotopic (exact) mass is 557 g/mol. The van der Waals surface area contributed by atoms with Crippen molar-refractivity contribution in [3.8, 4) is 5.75 Å². The van der Waals surface area contributed by atoms with Gasteiger partial charge in [0.1, 0.15) is 5.75 Å². The molecule has 1 aliphatic carbocycles. The molecular weight excluding hydrogens is 521 g/mol. The SMILES string of the molecule is CCC1=C2[C@@H](CC/C(=C/c3cc(C)c(O)c(C)c3)c3ccccc3)OB(O)C[C@@H]2[C@@H]2C(=O)N(C(=O)OC)C(=O)[C@@H]2C1. The van der Waals surface area contributed by atoms with Gasteiger partial charge in [-0.15, -0.1) is 0 Å². The van der Waals surface area contributed by atoms with Crippen molar-refractivity contribution >= 4 is 36.7 Å². The van der Waals surface area contributed by atoms with Gasteiger partial charge >= 0.3 is 13.2 Å². The van der Waals surface area contributed by atoms with Gasteiger partial charge < -0.3 is 19.5 Å². The molecule has 5 rings (SSSR count). The van der Waals surface area contributed by atoms with E-state index in [1.165, 1.54) is 0 Å². The molecule has 9 heteroatoms. The van der Waals surface area contributed by atoms with Crippen LogP contribution in [0.2, 0.25) is 6.32 Å². The summed E-state index contributed by atoms with van der Waals surface area (Å²) < 4.78 is 10.8. The van der Waals surface area contributed by atoms with Crippen LogP contribution in [0.3, 0.4) is 0 Å². The van der Waals surface area contributed by atoms with Crippen LogP contribution in [0.5, 0.6) is 5.75 Å². The van der Waals surface area contributed by atoms with Crippen LogP contribution in [0.4, 0.5) is 4.79 Å². The lowest BCUT2D eigenvalue weighted by atomic mass is 9.58. The van der Waals surface area contributed by atoms with Crippen LogP contribution in [0.25, 0.3) is 11.6 Å². The van der Waals surface area contributed by atoms with Gasteiger partial charge in [0.05, 0.1) is 25.0 Å². The van der Waals surface area contributed by atoms with Crippen molar-refractivity contribution < 1.29 is 33.9 Å². The minimum absolute atomic E-state index is 0.192. The number of methoxy groups -OCH3 is 1. The van der Waals surface area contributed by atoms with Crippen LogP contribution in [-0.2, 0) is 19.0 Å². The summed E-state index contributed by atoms with van der Waals surface area (Å²) in [5.74, 6) is -2.55. The summed E-state index contributed by atoms with van der Waals surface area (Å²) in [7, 11) is 0.0611. The normalized spacial score (nSPS) is 24.5. The number of aryl methyl sites for hydroxylation is 2. The third-order valence-corrected chi connectivity index (χ3v) is 8.77. The van der Waals surface area contributed by atoms with Crippen LogP contribution >= 0.6 is 0 Å². The number of aromatic hydroxyl groups is 1. The molecule has 3 aliphatic rings. The second-order valence-electron chi connectivity index (χ2n) is 11.2. The van der Waals surface area contributed by atoms with Gasteiger partial charge in [0.25, 0.3) is 0 Å². The quantitative estimate of drug-likeness (QED) is 0.214. The van der Waals surface area contributed by atoms with E-state index in [-0.39, 0.29) is 6.32 Å². The van der Waals surface area contributed by atoms with Gasteiger partial charge in [0.2, 0.25) is 11.8 Å². The Bertz CT molecular complexity index is 1410. The maximum absolute atomic E-state index is 13.4. The van der Waals surface area contributed by atoms with Gasteiger partial charge in [0, 0.05) is 0 Å². The number of rotatable bonds is 6. The highest BCUT2D eigenvalue weighted by molar-refractivity contribution is 6.43. The van der Waals surface area contributed by atoms with Crippen LogP contribution in [0.1, 0.15) is 54.9 Å². The van der Waals surface area contributed by atoms with E-state index in [0.717, 1.165) is 46.1 Å². The fourth-order valence-electron chi connectivity index (χ4n) is 6.89. The van der Waals surface area contributed by atoms with Crippen molar-refractivity contribution in [2.75, 3.05) is 7.11 Å². The molecule has 41 heavy (non-hydrogen) atoms. The lowest BCUT2D eigenvalue weighted by Gasteiger charge is -2.43. The number of nitrogens with zero attached hydrogens (tertiary/aromatic N) is 1. The zero-order valence-electron chi connectivity index (χ0n) is 23.9. The van der Waals surface area contributed by atoms with Gasteiger partial charge in [-0.05, 0) is 97.3 Å².